The molecule has 0 aliphatic carbocycles. The monoisotopic (exact) mass is 316 g/mol. The van der Waals surface area contributed by atoms with Crippen LogP contribution in [0.3, 0.4) is 0 Å². The number of halogens is 2. The highest BCUT2D eigenvalue weighted by molar-refractivity contribution is 7.89. The lowest BCUT2D eigenvalue weighted by Crippen LogP contribution is -2.27. The minimum atomic E-state index is -3.54. The predicted octanol–water partition coefficient (Wildman–Crippen LogP) is 2.28. The molecule has 0 aromatic carbocycles. The second-order valence-electron chi connectivity index (χ2n) is 3.74. The van der Waals surface area contributed by atoms with Crippen molar-refractivity contribution in [3.63, 3.8) is 0 Å². The van der Waals surface area contributed by atoms with E-state index < -0.39 is 10.0 Å². The molecule has 1 rings (SSSR count). The Morgan fingerprint density at radius 2 is 2.06 bits per heavy atom. The van der Waals surface area contributed by atoms with E-state index in [4.69, 9.17) is 23.2 Å². The molecule has 1 heterocycles. The van der Waals surface area contributed by atoms with Gasteiger partial charge >= 0.3 is 0 Å². The molecule has 8 heteroatoms. The summed E-state index contributed by atoms with van der Waals surface area (Å²) in [5.41, 5.74) is 0. The molecular formula is C9H14Cl2N2O2S2. The Kier molecular flexibility index (Phi) is 5.69. The van der Waals surface area contributed by atoms with E-state index in [-0.39, 0.29) is 9.23 Å². The third-order valence-corrected chi connectivity index (χ3v) is 5.20. The minimum Gasteiger partial charge on any atom is -0.309 e. The van der Waals surface area contributed by atoms with Crippen LogP contribution in [0.15, 0.2) is 11.0 Å². The van der Waals surface area contributed by atoms with Gasteiger partial charge in [-0.3, -0.25) is 0 Å². The van der Waals surface area contributed by atoms with Gasteiger partial charge in [0.05, 0.1) is 4.34 Å². The second kappa shape index (κ2) is 6.36. The normalized spacial score (nSPS) is 12.3. The maximum absolute atomic E-state index is 11.8. The molecule has 0 bridgehead atoms. The van der Waals surface area contributed by atoms with E-state index in [9.17, 15) is 8.42 Å². The number of hydrogen-bond donors (Lipinski definition) is 1. The van der Waals surface area contributed by atoms with Crippen molar-refractivity contribution < 1.29 is 8.42 Å². The van der Waals surface area contributed by atoms with E-state index >= 15 is 0 Å². The van der Waals surface area contributed by atoms with Crippen LogP contribution in [0, 0.1) is 0 Å². The van der Waals surface area contributed by atoms with Crippen molar-refractivity contribution in [3.05, 3.63) is 14.7 Å². The molecule has 4 nitrogen and oxygen atoms in total. The lowest BCUT2D eigenvalue weighted by Gasteiger charge is -2.09. The lowest BCUT2D eigenvalue weighted by atomic mass is 10.4. The van der Waals surface area contributed by atoms with Crippen molar-refractivity contribution in [1.29, 1.82) is 0 Å². The zero-order chi connectivity index (χ0) is 13.1. The summed E-state index contributed by atoms with van der Waals surface area (Å²) in [4.78, 5) is 2.04. The zero-order valence-corrected chi connectivity index (χ0v) is 12.7. The molecule has 1 aromatic rings. The second-order valence-corrected chi connectivity index (χ2v) is 7.76. The third-order valence-electron chi connectivity index (χ3n) is 1.99. The summed E-state index contributed by atoms with van der Waals surface area (Å²) < 4.78 is 26.7. The molecule has 0 unspecified atom stereocenters. The summed E-state index contributed by atoms with van der Waals surface area (Å²) in [5, 5.41) is 0. The fourth-order valence-corrected chi connectivity index (χ4v) is 4.41. The van der Waals surface area contributed by atoms with Crippen LogP contribution in [-0.2, 0) is 10.0 Å². The molecule has 0 aliphatic heterocycles. The maximum atomic E-state index is 11.8. The summed E-state index contributed by atoms with van der Waals surface area (Å²) in [6.45, 7) is 1.20. The molecule has 0 radical (unpaired) electrons. The quantitative estimate of drug-likeness (QED) is 0.819. The number of hydrogen-bond acceptors (Lipinski definition) is 4. The van der Waals surface area contributed by atoms with Gasteiger partial charge in [0.25, 0.3) is 0 Å². The molecule has 0 amide bonds. The van der Waals surface area contributed by atoms with Crippen LogP contribution < -0.4 is 4.72 Å². The van der Waals surface area contributed by atoms with E-state index in [1.165, 1.54) is 6.07 Å². The predicted molar refractivity (Wildman–Crippen MR) is 72.7 cm³/mol. The minimum absolute atomic E-state index is 0.0546. The number of sulfonamides is 1. The summed E-state index contributed by atoms with van der Waals surface area (Å²) in [7, 11) is 0.327. The Hall–Kier alpha value is 0.150. The number of nitrogens with one attached hydrogen (secondary N) is 1. The first-order valence-electron chi connectivity index (χ1n) is 4.92. The molecule has 0 fully saturated rings. The topological polar surface area (TPSA) is 49.4 Å². The van der Waals surface area contributed by atoms with Gasteiger partial charge in [-0.05, 0) is 33.1 Å². The Balaban J connectivity index is 2.60. The molecule has 0 saturated heterocycles. The lowest BCUT2D eigenvalue weighted by molar-refractivity contribution is 0.400. The van der Waals surface area contributed by atoms with Crippen LogP contribution in [0.4, 0.5) is 0 Å². The number of rotatable bonds is 6. The van der Waals surface area contributed by atoms with Crippen LogP contribution in [0.25, 0.3) is 0 Å². The first-order valence-corrected chi connectivity index (χ1v) is 7.97. The highest BCUT2D eigenvalue weighted by Gasteiger charge is 2.20. The van der Waals surface area contributed by atoms with Gasteiger partial charge in [0.1, 0.15) is 9.23 Å². The fraction of sp³-hybridized carbons (Fsp3) is 0.556. The summed E-state index contributed by atoms with van der Waals surface area (Å²) in [6, 6.07) is 1.36. The van der Waals surface area contributed by atoms with E-state index in [0.717, 1.165) is 24.3 Å². The fourth-order valence-electron chi connectivity index (χ4n) is 1.19. The zero-order valence-electron chi connectivity index (χ0n) is 9.53. The standard InChI is InChI=1S/C9H14Cl2N2O2S2/c1-13(2)5-3-4-12-17(14,15)7-6-8(10)16-9(7)11/h6,12H,3-5H2,1-2H3. The Morgan fingerprint density at radius 1 is 1.41 bits per heavy atom. The van der Waals surface area contributed by atoms with Crippen LogP contribution in [-0.4, -0.2) is 40.5 Å². The van der Waals surface area contributed by atoms with E-state index in [1.54, 1.807) is 0 Å². The summed E-state index contributed by atoms with van der Waals surface area (Å²) in [5.74, 6) is 0. The number of thiophene rings is 1. The highest BCUT2D eigenvalue weighted by atomic mass is 35.5. The van der Waals surface area contributed by atoms with E-state index in [2.05, 4.69) is 4.72 Å². The molecule has 0 aliphatic rings. The summed E-state index contributed by atoms with van der Waals surface area (Å²) in [6.07, 6.45) is 0.738. The molecule has 0 saturated carbocycles. The van der Waals surface area contributed by atoms with E-state index in [1.807, 2.05) is 19.0 Å². The van der Waals surface area contributed by atoms with Crippen LogP contribution in [0.5, 0.6) is 0 Å². The van der Waals surface area contributed by atoms with Gasteiger partial charge < -0.3 is 4.90 Å². The van der Waals surface area contributed by atoms with Crippen LogP contribution >= 0.6 is 34.5 Å². The van der Waals surface area contributed by atoms with Crippen molar-refractivity contribution in [2.75, 3.05) is 27.2 Å². The molecule has 0 spiro atoms. The van der Waals surface area contributed by atoms with Gasteiger partial charge in [0.15, 0.2) is 0 Å². The van der Waals surface area contributed by atoms with Gasteiger partial charge in [0.2, 0.25) is 10.0 Å². The van der Waals surface area contributed by atoms with E-state index in [0.29, 0.717) is 10.9 Å². The Morgan fingerprint density at radius 3 is 2.53 bits per heavy atom. The Bertz CT molecular complexity index is 471. The smallest absolute Gasteiger partial charge is 0.242 e. The van der Waals surface area contributed by atoms with Crippen molar-refractivity contribution in [2.45, 2.75) is 11.3 Å². The van der Waals surface area contributed by atoms with Gasteiger partial charge in [-0.2, -0.15) is 0 Å². The van der Waals surface area contributed by atoms with Gasteiger partial charge in [-0.15, -0.1) is 11.3 Å². The van der Waals surface area contributed by atoms with Crippen LogP contribution in [0.1, 0.15) is 6.42 Å². The largest absolute Gasteiger partial charge is 0.309 e. The first-order chi connectivity index (χ1) is 7.83. The molecule has 1 aromatic heterocycles. The van der Waals surface area contributed by atoms with Crippen LogP contribution in [0.2, 0.25) is 8.67 Å². The number of nitrogens with zero attached hydrogens (tertiary/aromatic N) is 1. The van der Waals surface area contributed by atoms with Crippen molar-refractivity contribution >= 4 is 44.6 Å². The van der Waals surface area contributed by atoms with Gasteiger partial charge in [-0.1, -0.05) is 23.2 Å². The van der Waals surface area contributed by atoms with Crippen molar-refractivity contribution in [1.82, 2.24) is 9.62 Å². The molecule has 1 N–H and O–H groups in total. The SMILES string of the molecule is CN(C)CCCNS(=O)(=O)c1cc(Cl)sc1Cl. The maximum Gasteiger partial charge on any atom is 0.242 e. The van der Waals surface area contributed by atoms with Gasteiger partial charge in [0, 0.05) is 6.54 Å². The third kappa shape index (κ3) is 4.73. The summed E-state index contributed by atoms with van der Waals surface area (Å²) >= 11 is 12.6. The Labute approximate surface area is 116 Å². The molecule has 98 valence electrons. The highest BCUT2D eigenvalue weighted by Crippen LogP contribution is 2.33. The molecular weight excluding hydrogens is 303 g/mol. The first kappa shape index (κ1) is 15.2. The van der Waals surface area contributed by atoms with Crippen molar-refractivity contribution in [2.24, 2.45) is 0 Å². The molecule has 17 heavy (non-hydrogen) atoms. The van der Waals surface area contributed by atoms with Crippen molar-refractivity contribution in [3.8, 4) is 0 Å². The average Bonchev–Trinajstić information content (AvgIpc) is 2.53. The molecule has 0 atom stereocenters. The van der Waals surface area contributed by atoms with Gasteiger partial charge in [-0.25, -0.2) is 13.1 Å². The average molecular weight is 317 g/mol.